The molecule has 10 nitrogen and oxygen atoms in total. The van der Waals surface area contributed by atoms with E-state index in [-0.39, 0.29) is 44.1 Å². The second-order valence-corrected chi connectivity index (χ2v) is 12.5. The van der Waals surface area contributed by atoms with Crippen molar-refractivity contribution in [3.05, 3.63) is 60.2 Å². The molecule has 0 fully saturated rings. The van der Waals surface area contributed by atoms with Crippen molar-refractivity contribution in [2.24, 2.45) is 5.10 Å². The fraction of sp³-hybridized carbons (Fsp3) is 0.417. The Kier molecular flexibility index (Phi) is 9.64. The molecule has 0 unspecified atom stereocenters. The molecule has 0 aliphatic carbocycles. The molecule has 3 rings (SSSR count). The summed E-state index contributed by atoms with van der Waals surface area (Å²) < 4.78 is 56.1. The highest BCUT2D eigenvalue weighted by atomic mass is 31.2. The van der Waals surface area contributed by atoms with Gasteiger partial charge in [0.2, 0.25) is 5.78 Å². The van der Waals surface area contributed by atoms with Gasteiger partial charge in [-0.1, -0.05) is 30.3 Å². The number of carbonyl (C=O) groups is 1. The summed E-state index contributed by atoms with van der Waals surface area (Å²) >= 11 is 0. The van der Waals surface area contributed by atoms with E-state index >= 15 is 0 Å². The number of hydrogen-bond donors (Lipinski definition) is 1. The third kappa shape index (κ3) is 5.65. The predicted octanol–water partition coefficient (Wildman–Crippen LogP) is 6.20. The van der Waals surface area contributed by atoms with Crippen molar-refractivity contribution in [3.63, 3.8) is 0 Å². The maximum Gasteiger partial charge on any atom is 0.370 e. The Bertz CT molecular complexity index is 1120. The molecule has 0 spiro atoms. The molecule has 1 aliphatic heterocycles. The van der Waals surface area contributed by atoms with Gasteiger partial charge in [-0.2, -0.15) is 5.10 Å². The molecular weight excluding hydrogens is 506 g/mol. The average molecular weight is 538 g/mol. The van der Waals surface area contributed by atoms with Crippen LogP contribution in [0.1, 0.15) is 44.5 Å². The van der Waals surface area contributed by atoms with Crippen molar-refractivity contribution in [3.8, 4) is 11.5 Å². The number of nitrogens with one attached hydrogen (secondary N) is 1. The Morgan fingerprint density at radius 3 is 1.89 bits per heavy atom. The molecule has 36 heavy (non-hydrogen) atoms. The van der Waals surface area contributed by atoms with Crippen molar-refractivity contribution in [2.75, 3.05) is 26.4 Å². The van der Waals surface area contributed by atoms with Gasteiger partial charge in [-0.25, -0.2) is 0 Å². The van der Waals surface area contributed by atoms with Crippen LogP contribution in [0.25, 0.3) is 0 Å². The van der Waals surface area contributed by atoms with E-state index in [1.54, 1.807) is 64.1 Å². The van der Waals surface area contributed by atoms with Crippen LogP contribution in [0.5, 0.6) is 11.5 Å². The van der Waals surface area contributed by atoms with E-state index in [9.17, 15) is 13.9 Å². The van der Waals surface area contributed by atoms with E-state index in [1.807, 2.05) is 18.2 Å². The van der Waals surface area contributed by atoms with Gasteiger partial charge in [0, 0.05) is 12.0 Å². The lowest BCUT2D eigenvalue weighted by molar-refractivity contribution is 0.106. The van der Waals surface area contributed by atoms with Gasteiger partial charge in [0.05, 0.1) is 26.4 Å². The summed E-state index contributed by atoms with van der Waals surface area (Å²) in [6, 6.07) is 15.7. The Morgan fingerprint density at radius 2 is 1.36 bits per heavy atom. The van der Waals surface area contributed by atoms with Crippen LogP contribution in [0.2, 0.25) is 0 Å². The minimum atomic E-state index is -4.22. The van der Waals surface area contributed by atoms with Crippen molar-refractivity contribution in [2.45, 2.75) is 39.1 Å². The number of hydrogen-bond acceptors (Lipinski definition) is 10. The maximum atomic E-state index is 14.1. The molecule has 0 radical (unpaired) electrons. The molecule has 12 heteroatoms. The van der Waals surface area contributed by atoms with Gasteiger partial charge in [0.15, 0.2) is 0 Å². The summed E-state index contributed by atoms with van der Waals surface area (Å²) in [6.45, 7) is 6.53. The fourth-order valence-corrected chi connectivity index (χ4v) is 9.03. The van der Waals surface area contributed by atoms with E-state index in [4.69, 9.17) is 22.8 Å². The number of para-hydroxylation sites is 1. The molecule has 2 aromatic carbocycles. The summed E-state index contributed by atoms with van der Waals surface area (Å²) in [5.74, 6) is 0.597. The van der Waals surface area contributed by atoms with E-state index < -0.39 is 26.0 Å². The minimum Gasteiger partial charge on any atom is -0.457 e. The van der Waals surface area contributed by atoms with Gasteiger partial charge < -0.3 is 22.8 Å². The van der Waals surface area contributed by atoms with Crippen molar-refractivity contribution in [1.29, 1.82) is 0 Å². The Morgan fingerprint density at radius 1 is 0.833 bits per heavy atom. The van der Waals surface area contributed by atoms with Crippen molar-refractivity contribution < 1.29 is 36.8 Å². The van der Waals surface area contributed by atoms with Crippen LogP contribution in [-0.4, -0.2) is 42.9 Å². The van der Waals surface area contributed by atoms with Crippen LogP contribution in [0.15, 0.2) is 59.7 Å². The van der Waals surface area contributed by atoms with Crippen molar-refractivity contribution >= 4 is 26.7 Å². The van der Waals surface area contributed by atoms with Crippen LogP contribution < -0.4 is 10.2 Å². The standard InChI is InChI=1S/C24H32N2O8P2/c1-5-30-35(28,31-6-2)24(36(29,32-7-3)33-8-4)18-22(25-26-24)23(27)19-13-12-16-21(17-19)34-20-14-10-9-11-15-20/h9-17,26H,5-8,18H2,1-4H3. The molecule has 0 bridgehead atoms. The van der Waals surface area contributed by atoms with Gasteiger partial charge in [0.25, 0.3) is 5.02 Å². The first-order valence-electron chi connectivity index (χ1n) is 11.8. The molecule has 2 aromatic rings. The number of ether oxygens (including phenoxy) is 1. The van der Waals surface area contributed by atoms with Gasteiger partial charge >= 0.3 is 15.2 Å². The maximum absolute atomic E-state index is 14.1. The lowest BCUT2D eigenvalue weighted by atomic mass is 10.0. The smallest absolute Gasteiger partial charge is 0.370 e. The number of carbonyl (C=O) groups excluding carboxylic acids is 1. The first-order chi connectivity index (χ1) is 17.3. The normalized spacial score (nSPS) is 15.3. The minimum absolute atomic E-state index is 0.00110. The van der Waals surface area contributed by atoms with Gasteiger partial charge in [-0.15, -0.1) is 0 Å². The highest BCUT2D eigenvalue weighted by Crippen LogP contribution is 2.78. The third-order valence-corrected chi connectivity index (χ3v) is 11.4. The van der Waals surface area contributed by atoms with Crippen molar-refractivity contribution in [1.82, 2.24) is 5.43 Å². The van der Waals surface area contributed by atoms with Gasteiger partial charge in [-0.3, -0.25) is 19.4 Å². The summed E-state index contributed by atoms with van der Waals surface area (Å²) in [7, 11) is -8.44. The number of rotatable bonds is 14. The zero-order valence-corrected chi connectivity index (χ0v) is 22.6. The molecule has 0 saturated heterocycles. The van der Waals surface area contributed by atoms with E-state index in [0.717, 1.165) is 0 Å². The average Bonchev–Trinajstić information content (AvgIpc) is 3.33. The molecule has 1 aliphatic rings. The Balaban J connectivity index is 1.97. The Labute approximate surface area is 211 Å². The quantitative estimate of drug-likeness (QED) is 0.221. The first kappa shape index (κ1) is 28.3. The molecule has 0 saturated carbocycles. The monoisotopic (exact) mass is 538 g/mol. The summed E-state index contributed by atoms with van der Waals surface area (Å²) in [5, 5.41) is 2.13. The zero-order valence-electron chi connectivity index (χ0n) is 20.8. The highest BCUT2D eigenvalue weighted by Gasteiger charge is 2.68. The van der Waals surface area contributed by atoms with Crippen LogP contribution in [0.3, 0.4) is 0 Å². The van der Waals surface area contributed by atoms with Crippen LogP contribution >= 0.6 is 15.2 Å². The lowest BCUT2D eigenvalue weighted by Gasteiger charge is -2.38. The van der Waals surface area contributed by atoms with Gasteiger partial charge in [0.1, 0.15) is 17.2 Å². The third-order valence-electron chi connectivity index (χ3n) is 5.22. The molecule has 0 aromatic heterocycles. The first-order valence-corrected chi connectivity index (χ1v) is 14.9. The molecule has 0 atom stereocenters. The van der Waals surface area contributed by atoms with Gasteiger partial charge in [-0.05, 0) is 52.0 Å². The molecule has 0 amide bonds. The number of nitrogens with zero attached hydrogens (tertiary/aromatic N) is 1. The molecular formula is C24H32N2O8P2. The molecule has 196 valence electrons. The van der Waals surface area contributed by atoms with E-state index in [0.29, 0.717) is 11.5 Å². The summed E-state index contributed by atoms with van der Waals surface area (Å²) in [4.78, 5) is 13.5. The van der Waals surface area contributed by atoms with Crippen LogP contribution in [0.4, 0.5) is 0 Å². The number of Topliss-reactive ketones (excluding diaryl/α,β-unsaturated/α-hetero) is 1. The second kappa shape index (κ2) is 12.3. The topological polar surface area (TPSA) is 122 Å². The van der Waals surface area contributed by atoms with Crippen LogP contribution in [-0.2, 0) is 27.2 Å². The predicted molar refractivity (Wildman–Crippen MR) is 137 cm³/mol. The molecule has 1 heterocycles. The van der Waals surface area contributed by atoms with E-state index in [2.05, 4.69) is 10.5 Å². The highest BCUT2D eigenvalue weighted by molar-refractivity contribution is 7.74. The fourth-order valence-electron chi connectivity index (χ4n) is 3.74. The second-order valence-electron chi connectivity index (χ2n) is 7.60. The zero-order chi connectivity index (χ0) is 26.2. The SMILES string of the molecule is CCOP(=O)(OCC)C1(P(=O)(OCC)OCC)CC(C(=O)c2cccc(Oc3ccccc3)c2)=NN1. The molecule has 1 N–H and O–H groups in total. The largest absolute Gasteiger partial charge is 0.457 e. The van der Waals surface area contributed by atoms with E-state index in [1.165, 1.54) is 0 Å². The number of benzene rings is 2. The number of hydrazone groups is 1. The summed E-state index contributed by atoms with van der Waals surface area (Å²) in [6.07, 6.45) is -0.357. The number of ketones is 1. The summed E-state index contributed by atoms with van der Waals surface area (Å²) in [5.41, 5.74) is 2.92. The Hall–Kier alpha value is -2.32. The van der Waals surface area contributed by atoms with Crippen LogP contribution in [0, 0.1) is 0 Å². The lowest BCUT2D eigenvalue weighted by Crippen LogP contribution is -2.42.